The molecule has 0 bridgehead atoms. The second-order valence-electron chi connectivity index (χ2n) is 4.17. The van der Waals surface area contributed by atoms with E-state index in [2.05, 4.69) is 19.5 Å². The molecule has 1 aliphatic heterocycles. The molecule has 13 nitrogen and oxygen atoms in total. The van der Waals surface area contributed by atoms with Crippen LogP contribution in [0, 0.1) is 0 Å². The molecule has 1 rings (SSSR count). The lowest BCUT2D eigenvalue weighted by atomic mass is 10.6. The Morgan fingerprint density at radius 2 is 1.84 bits per heavy atom. The molecule has 0 aromatic heterocycles. The third-order valence-corrected chi connectivity index (χ3v) is 3.27. The second kappa shape index (κ2) is 10.7. The summed E-state index contributed by atoms with van der Waals surface area (Å²) in [6.45, 7) is -0.890. The van der Waals surface area contributed by atoms with Crippen LogP contribution in [-0.2, 0) is 23.8 Å². The highest BCUT2D eigenvalue weighted by Crippen LogP contribution is 2.17. The van der Waals surface area contributed by atoms with E-state index in [4.69, 9.17) is 20.1 Å². The Morgan fingerprint density at radius 3 is 2.48 bits per heavy atom. The van der Waals surface area contributed by atoms with Gasteiger partial charge in [0.2, 0.25) is 6.35 Å². The highest BCUT2D eigenvalue weighted by molar-refractivity contribution is 7.97. The third kappa shape index (κ3) is 7.99. The summed E-state index contributed by atoms with van der Waals surface area (Å²) in [7, 11) is 0. The maximum Gasteiger partial charge on any atom is 0.417 e. The molecule has 0 fully saturated rings. The van der Waals surface area contributed by atoms with E-state index in [0.29, 0.717) is 0 Å². The molecule has 0 saturated heterocycles. The maximum atomic E-state index is 11.1. The average Bonchev–Trinajstić information content (AvgIpc) is 2.53. The highest BCUT2D eigenvalue weighted by atomic mass is 32.2. The van der Waals surface area contributed by atoms with Crippen LogP contribution < -0.4 is 0 Å². The predicted molar refractivity (Wildman–Crippen MR) is 81.4 cm³/mol. The SMILES string of the molecule is O=C(OCCOCCSN1C(O)=NC(O)=NC1O)C(=O)OCC(O)O. The van der Waals surface area contributed by atoms with Crippen molar-refractivity contribution >= 4 is 35.9 Å². The van der Waals surface area contributed by atoms with Crippen LogP contribution in [0.5, 0.6) is 0 Å². The van der Waals surface area contributed by atoms with Crippen LogP contribution in [-0.4, -0.2) is 98.6 Å². The summed E-state index contributed by atoms with van der Waals surface area (Å²) < 4.78 is 14.8. The van der Waals surface area contributed by atoms with Crippen LogP contribution in [0.1, 0.15) is 0 Å². The number of hydrogen-bond donors (Lipinski definition) is 5. The van der Waals surface area contributed by atoms with Crippen molar-refractivity contribution in [2.45, 2.75) is 12.6 Å². The summed E-state index contributed by atoms with van der Waals surface area (Å²) in [5, 5.41) is 44.8. The number of ether oxygens (including phenoxy) is 3. The van der Waals surface area contributed by atoms with Gasteiger partial charge in [0.25, 0.3) is 0 Å². The molecule has 0 aromatic carbocycles. The van der Waals surface area contributed by atoms with Gasteiger partial charge in [0.15, 0.2) is 6.29 Å². The number of aliphatic imine (C=N–C) groups is 2. The number of aliphatic hydroxyl groups is 5. The second-order valence-corrected chi connectivity index (χ2v) is 5.23. The van der Waals surface area contributed by atoms with Gasteiger partial charge in [-0.2, -0.15) is 4.99 Å². The molecule has 1 aliphatic rings. The number of rotatable bonds is 9. The van der Waals surface area contributed by atoms with E-state index in [0.717, 1.165) is 16.3 Å². The van der Waals surface area contributed by atoms with Crippen molar-refractivity contribution in [3.05, 3.63) is 0 Å². The van der Waals surface area contributed by atoms with Crippen LogP contribution in [0.2, 0.25) is 0 Å². The van der Waals surface area contributed by atoms with Gasteiger partial charge in [-0.05, 0) is 11.9 Å². The number of carbonyl (C=O) groups is 2. The molecule has 14 heteroatoms. The summed E-state index contributed by atoms with van der Waals surface area (Å²) in [5.74, 6) is -2.40. The van der Waals surface area contributed by atoms with E-state index in [1.807, 2.05) is 0 Å². The maximum absolute atomic E-state index is 11.1. The molecule has 0 amide bonds. The molecule has 1 atom stereocenters. The van der Waals surface area contributed by atoms with Crippen molar-refractivity contribution in [2.24, 2.45) is 9.98 Å². The Morgan fingerprint density at radius 1 is 1.16 bits per heavy atom. The molecule has 0 spiro atoms. The fourth-order valence-corrected chi connectivity index (χ4v) is 2.03. The van der Waals surface area contributed by atoms with Gasteiger partial charge >= 0.3 is 24.0 Å². The van der Waals surface area contributed by atoms with Gasteiger partial charge in [-0.3, -0.25) is 0 Å². The van der Waals surface area contributed by atoms with Crippen molar-refractivity contribution in [3.8, 4) is 0 Å². The topological polar surface area (TPSA) is 191 Å². The Hall–Kier alpha value is -2.13. The average molecular weight is 383 g/mol. The van der Waals surface area contributed by atoms with Crippen molar-refractivity contribution in [3.63, 3.8) is 0 Å². The lowest BCUT2D eigenvalue weighted by Crippen LogP contribution is -2.38. The van der Waals surface area contributed by atoms with Gasteiger partial charge in [0, 0.05) is 5.75 Å². The van der Waals surface area contributed by atoms with E-state index < -0.39 is 43.2 Å². The number of amidine groups is 2. The summed E-state index contributed by atoms with van der Waals surface area (Å²) in [5.41, 5.74) is 0. The molecular weight excluding hydrogens is 366 g/mol. The minimum atomic E-state index is -1.88. The largest absolute Gasteiger partial charge is 0.480 e. The van der Waals surface area contributed by atoms with Crippen LogP contribution in [0.25, 0.3) is 0 Å². The van der Waals surface area contributed by atoms with Crippen molar-refractivity contribution < 1.29 is 49.3 Å². The van der Waals surface area contributed by atoms with Gasteiger partial charge in [-0.15, -0.1) is 4.99 Å². The third-order valence-electron chi connectivity index (χ3n) is 2.29. The van der Waals surface area contributed by atoms with Crippen molar-refractivity contribution in [1.29, 1.82) is 0 Å². The van der Waals surface area contributed by atoms with E-state index in [1.165, 1.54) is 0 Å². The number of aliphatic hydroxyl groups excluding tert-OH is 4. The quantitative estimate of drug-likeness (QED) is 0.0923. The van der Waals surface area contributed by atoms with Crippen molar-refractivity contribution in [2.75, 3.05) is 32.2 Å². The molecule has 142 valence electrons. The van der Waals surface area contributed by atoms with Gasteiger partial charge in [-0.25, -0.2) is 13.9 Å². The van der Waals surface area contributed by atoms with E-state index in [1.54, 1.807) is 0 Å². The first-order valence-corrected chi connectivity index (χ1v) is 7.68. The smallest absolute Gasteiger partial charge is 0.417 e. The molecule has 1 unspecified atom stereocenters. The molecule has 0 aromatic rings. The van der Waals surface area contributed by atoms with Crippen LogP contribution in [0.15, 0.2) is 9.98 Å². The van der Waals surface area contributed by atoms with Gasteiger partial charge < -0.3 is 39.7 Å². The number of esters is 2. The summed E-state index contributed by atoms with van der Waals surface area (Å²) in [4.78, 5) is 28.7. The fraction of sp³-hybridized carbons (Fsp3) is 0.636. The molecule has 5 N–H and O–H groups in total. The van der Waals surface area contributed by atoms with Crippen LogP contribution in [0.3, 0.4) is 0 Å². The summed E-state index contributed by atoms with van der Waals surface area (Å²) in [6.07, 6.45) is -3.37. The monoisotopic (exact) mass is 383 g/mol. The molecule has 0 saturated carbocycles. The summed E-state index contributed by atoms with van der Waals surface area (Å²) in [6, 6.07) is -1.36. The zero-order valence-corrected chi connectivity index (χ0v) is 13.5. The number of carbonyl (C=O) groups excluding carboxylic acids is 2. The Kier molecular flexibility index (Phi) is 8.93. The predicted octanol–water partition coefficient (Wildman–Crippen LogP) is -2.53. The molecule has 1 heterocycles. The lowest BCUT2D eigenvalue weighted by molar-refractivity contribution is -0.174. The first-order valence-electron chi connectivity index (χ1n) is 6.73. The summed E-state index contributed by atoms with van der Waals surface area (Å²) >= 11 is 0.924. The minimum Gasteiger partial charge on any atom is -0.480 e. The van der Waals surface area contributed by atoms with Crippen LogP contribution in [0.4, 0.5) is 0 Å². The Labute approximate surface area is 145 Å². The minimum absolute atomic E-state index is 0.0379. The fourth-order valence-electron chi connectivity index (χ4n) is 1.31. The standard InChI is InChI=1S/C11H17N3O10S/c15-6(16)5-24-8(18)7(17)23-2-1-22-3-4-25-14-10(20)12-9(19)13-11(14)21/h6,10,15-16,20H,1-5H2,(H2,12,13,19,21). The normalized spacial score (nSPS) is 17.1. The first kappa shape index (κ1) is 20.9. The zero-order chi connectivity index (χ0) is 18.8. The van der Waals surface area contributed by atoms with Crippen LogP contribution >= 0.6 is 11.9 Å². The zero-order valence-electron chi connectivity index (χ0n) is 12.7. The van der Waals surface area contributed by atoms with Gasteiger partial charge in [0.1, 0.15) is 13.2 Å². The Balaban J connectivity index is 2.08. The van der Waals surface area contributed by atoms with E-state index >= 15 is 0 Å². The van der Waals surface area contributed by atoms with Crippen molar-refractivity contribution in [1.82, 2.24) is 4.31 Å². The molecule has 0 aliphatic carbocycles. The lowest BCUT2D eigenvalue weighted by Gasteiger charge is -2.25. The Bertz CT molecular complexity index is 526. The van der Waals surface area contributed by atoms with Gasteiger partial charge in [-0.1, -0.05) is 0 Å². The van der Waals surface area contributed by atoms with Gasteiger partial charge in [0.05, 0.1) is 13.2 Å². The number of nitrogens with zero attached hydrogens (tertiary/aromatic N) is 3. The first-order chi connectivity index (χ1) is 11.8. The molecule has 0 radical (unpaired) electrons. The van der Waals surface area contributed by atoms with E-state index in [9.17, 15) is 19.8 Å². The molecule has 25 heavy (non-hydrogen) atoms. The number of hydrogen-bond acceptors (Lipinski definition) is 12. The molecular formula is C11H17N3O10S. The highest BCUT2D eigenvalue weighted by Gasteiger charge is 2.25. The van der Waals surface area contributed by atoms with E-state index in [-0.39, 0.29) is 25.6 Å².